The molecule has 0 aliphatic heterocycles. The van der Waals surface area contributed by atoms with Crippen LogP contribution in [0, 0.1) is 0 Å². The number of hydrogen-bond acceptors (Lipinski definition) is 2. The van der Waals surface area contributed by atoms with Crippen LogP contribution in [-0.2, 0) is 4.79 Å². The van der Waals surface area contributed by atoms with Crippen LogP contribution in [0.1, 0.15) is 26.2 Å². The Balaban J connectivity index is 4.63. The summed E-state index contributed by atoms with van der Waals surface area (Å²) in [4.78, 5) is 10.8. The van der Waals surface area contributed by atoms with E-state index < -0.39 is 47.9 Å². The molecule has 0 aliphatic rings. The number of hydrogen-bond donors (Lipinski definition) is 0. The van der Waals surface area contributed by atoms with E-state index in [4.69, 9.17) is 0 Å². The van der Waals surface area contributed by atoms with Gasteiger partial charge in [0.2, 0.25) is 0 Å². The maximum Gasteiger partial charge on any atom is 0.395 e. The summed E-state index contributed by atoms with van der Waals surface area (Å²) in [6.45, 7) is 1.45. The Morgan fingerprint density at radius 1 is 1.10 bits per heavy atom. The number of alkyl halides is 8. The van der Waals surface area contributed by atoms with Crippen molar-refractivity contribution in [3.63, 3.8) is 0 Å². The Morgan fingerprint density at radius 2 is 1.60 bits per heavy atom. The average Bonchev–Trinajstić information content (AvgIpc) is 2.24. The van der Waals surface area contributed by atoms with Gasteiger partial charge < -0.3 is 0 Å². The van der Waals surface area contributed by atoms with Gasteiger partial charge in [0.25, 0.3) is 0 Å². The number of thioether (sulfide) groups is 1. The van der Waals surface area contributed by atoms with Gasteiger partial charge in [-0.05, 0) is 6.42 Å². The van der Waals surface area contributed by atoms with Crippen molar-refractivity contribution in [1.82, 2.24) is 0 Å². The van der Waals surface area contributed by atoms with Crippen molar-refractivity contribution in [2.24, 2.45) is 0 Å². The summed E-state index contributed by atoms with van der Waals surface area (Å²) in [6.07, 6.45) is -13.2. The molecule has 0 radical (unpaired) electrons. The summed E-state index contributed by atoms with van der Waals surface area (Å²) >= 11 is 0.465. The van der Waals surface area contributed by atoms with Crippen LogP contribution >= 0.6 is 11.8 Å². The summed E-state index contributed by atoms with van der Waals surface area (Å²) in [7, 11) is 0. The normalized spacial score (nSPS) is 15.2. The van der Waals surface area contributed by atoms with Crippen molar-refractivity contribution in [2.75, 3.05) is 5.75 Å². The van der Waals surface area contributed by atoms with Gasteiger partial charge in [0, 0.05) is 12.2 Å². The quantitative estimate of drug-likeness (QED) is 0.634. The summed E-state index contributed by atoms with van der Waals surface area (Å²) < 4.78 is 100. The summed E-state index contributed by atoms with van der Waals surface area (Å²) in [5.41, 5.74) is 0. The predicted octanol–water partition coefficient (Wildman–Crippen LogP) is 4.61. The van der Waals surface area contributed by atoms with Crippen LogP contribution in [0.2, 0.25) is 0 Å². The molecule has 0 N–H and O–H groups in total. The van der Waals surface area contributed by atoms with Crippen molar-refractivity contribution in [1.29, 1.82) is 0 Å². The van der Waals surface area contributed by atoms with Gasteiger partial charge in [-0.15, -0.1) is 0 Å². The Hall–Kier alpha value is -0.540. The molecular weight excluding hydrogens is 320 g/mol. The highest BCUT2D eigenvalue weighted by Gasteiger charge is 2.64. The van der Waals surface area contributed by atoms with Gasteiger partial charge in [0.05, 0.1) is 0 Å². The zero-order valence-electron chi connectivity index (χ0n) is 10.2. The lowest BCUT2D eigenvalue weighted by molar-refractivity contribution is -0.281. The van der Waals surface area contributed by atoms with E-state index in [1.165, 1.54) is 6.92 Å². The van der Waals surface area contributed by atoms with E-state index in [1.54, 1.807) is 0 Å². The molecule has 1 nitrogen and oxygen atoms in total. The van der Waals surface area contributed by atoms with Crippen molar-refractivity contribution < 1.29 is 39.9 Å². The van der Waals surface area contributed by atoms with Crippen LogP contribution in [-0.4, -0.2) is 35.1 Å². The second kappa shape index (κ2) is 6.95. The number of rotatable bonds is 7. The fraction of sp³-hybridized carbons (Fsp3) is 0.900. The van der Waals surface area contributed by atoms with Crippen molar-refractivity contribution in [2.45, 2.75) is 50.4 Å². The second-order valence-corrected chi connectivity index (χ2v) is 5.10. The zero-order chi connectivity index (χ0) is 16.2. The number of carbonyl (C=O) groups excluding carboxylic acids is 1. The van der Waals surface area contributed by atoms with E-state index in [1.807, 2.05) is 0 Å². The molecule has 1 unspecified atom stereocenters. The third-order valence-electron chi connectivity index (χ3n) is 2.23. The maximum atomic E-state index is 13.1. The topological polar surface area (TPSA) is 17.1 Å². The molecule has 0 aliphatic carbocycles. The minimum atomic E-state index is -5.54. The molecule has 120 valence electrons. The molecular formula is C10H12F8OS. The Bertz CT molecular complexity index is 328. The van der Waals surface area contributed by atoms with Crippen LogP contribution in [0.4, 0.5) is 35.1 Å². The van der Waals surface area contributed by atoms with E-state index in [9.17, 15) is 39.9 Å². The standard InChI is InChI=1S/C10H12F8OS/c1-2-7(19)20-4-3-6(11)10(17,18)8(12,13)5-9(14,15)16/h6H,2-5H2,1H3. The van der Waals surface area contributed by atoms with E-state index in [0.29, 0.717) is 11.8 Å². The molecule has 0 saturated carbocycles. The van der Waals surface area contributed by atoms with Crippen molar-refractivity contribution in [3.05, 3.63) is 0 Å². The Kier molecular flexibility index (Phi) is 6.76. The molecule has 0 fully saturated rings. The summed E-state index contributed by atoms with van der Waals surface area (Å²) in [5.74, 6) is -11.5. The van der Waals surface area contributed by atoms with Crippen molar-refractivity contribution >= 4 is 16.9 Å². The highest BCUT2D eigenvalue weighted by molar-refractivity contribution is 8.13. The van der Waals surface area contributed by atoms with E-state index in [-0.39, 0.29) is 6.42 Å². The SMILES string of the molecule is CCC(=O)SCCC(F)C(F)(F)C(F)(F)CC(F)(F)F. The third kappa shape index (κ3) is 5.84. The summed E-state index contributed by atoms with van der Waals surface area (Å²) in [5, 5.41) is -0.456. The number of halogens is 8. The minimum absolute atomic E-state index is 0.0439. The minimum Gasteiger partial charge on any atom is -0.287 e. The lowest BCUT2D eigenvalue weighted by Gasteiger charge is -2.29. The lowest BCUT2D eigenvalue weighted by Crippen LogP contribution is -2.50. The van der Waals surface area contributed by atoms with Crippen LogP contribution in [0.5, 0.6) is 0 Å². The molecule has 0 amide bonds. The van der Waals surface area contributed by atoms with Crippen LogP contribution in [0.25, 0.3) is 0 Å². The molecule has 10 heteroatoms. The zero-order valence-corrected chi connectivity index (χ0v) is 11.1. The lowest BCUT2D eigenvalue weighted by atomic mass is 10.0. The van der Waals surface area contributed by atoms with E-state index >= 15 is 0 Å². The fourth-order valence-electron chi connectivity index (χ4n) is 1.16. The molecule has 0 aromatic heterocycles. The monoisotopic (exact) mass is 332 g/mol. The smallest absolute Gasteiger partial charge is 0.287 e. The predicted molar refractivity (Wildman–Crippen MR) is 57.8 cm³/mol. The highest BCUT2D eigenvalue weighted by atomic mass is 32.2. The van der Waals surface area contributed by atoms with Gasteiger partial charge in [-0.25, -0.2) is 4.39 Å². The van der Waals surface area contributed by atoms with Gasteiger partial charge in [-0.1, -0.05) is 18.7 Å². The molecule has 0 saturated heterocycles. The van der Waals surface area contributed by atoms with Crippen LogP contribution in [0.3, 0.4) is 0 Å². The molecule has 0 aromatic carbocycles. The van der Waals surface area contributed by atoms with Crippen LogP contribution in [0.15, 0.2) is 0 Å². The van der Waals surface area contributed by atoms with Gasteiger partial charge in [0.1, 0.15) is 6.42 Å². The number of carbonyl (C=O) groups is 1. The van der Waals surface area contributed by atoms with Crippen LogP contribution < -0.4 is 0 Å². The second-order valence-electron chi connectivity index (χ2n) is 3.95. The first-order chi connectivity index (χ1) is 8.83. The Labute approximate surface area is 114 Å². The first-order valence-corrected chi connectivity index (χ1v) is 6.44. The fourth-order valence-corrected chi connectivity index (χ4v) is 1.91. The van der Waals surface area contributed by atoms with Gasteiger partial charge in [0.15, 0.2) is 11.3 Å². The Morgan fingerprint density at radius 3 is 2.00 bits per heavy atom. The first-order valence-electron chi connectivity index (χ1n) is 5.45. The molecule has 0 heterocycles. The van der Waals surface area contributed by atoms with Gasteiger partial charge >= 0.3 is 18.0 Å². The molecule has 20 heavy (non-hydrogen) atoms. The van der Waals surface area contributed by atoms with Crippen molar-refractivity contribution in [3.8, 4) is 0 Å². The molecule has 0 rings (SSSR count). The van der Waals surface area contributed by atoms with Gasteiger partial charge in [-0.3, -0.25) is 4.79 Å². The molecule has 1 atom stereocenters. The largest absolute Gasteiger partial charge is 0.395 e. The average molecular weight is 332 g/mol. The first kappa shape index (κ1) is 19.5. The van der Waals surface area contributed by atoms with E-state index in [0.717, 1.165) is 0 Å². The maximum absolute atomic E-state index is 13.1. The third-order valence-corrected chi connectivity index (χ3v) is 3.28. The summed E-state index contributed by atoms with van der Waals surface area (Å²) in [6, 6.07) is 0. The van der Waals surface area contributed by atoms with E-state index in [2.05, 4.69) is 0 Å². The molecule has 0 bridgehead atoms. The van der Waals surface area contributed by atoms with Gasteiger partial charge in [-0.2, -0.15) is 30.7 Å². The highest BCUT2D eigenvalue weighted by Crippen LogP contribution is 2.45. The molecule has 0 aromatic rings. The molecule has 0 spiro atoms.